The minimum absolute atomic E-state index is 0.0603. The van der Waals surface area contributed by atoms with Crippen molar-refractivity contribution < 1.29 is 9.59 Å². The molecule has 1 aromatic carbocycles. The Balaban J connectivity index is 1.16. The van der Waals surface area contributed by atoms with Gasteiger partial charge in [0.15, 0.2) is 0 Å². The average Bonchev–Trinajstić information content (AvgIpc) is 3.27. The summed E-state index contributed by atoms with van der Waals surface area (Å²) in [5.41, 5.74) is 3.85. The normalized spacial score (nSPS) is 13.1. The van der Waals surface area contributed by atoms with Crippen LogP contribution in [-0.4, -0.2) is 58.5 Å². The Hall–Kier alpha value is -4.80. The lowest BCUT2D eigenvalue weighted by Crippen LogP contribution is -2.28. The van der Waals surface area contributed by atoms with E-state index in [0.717, 1.165) is 35.5 Å². The van der Waals surface area contributed by atoms with Crippen LogP contribution in [0.1, 0.15) is 51.0 Å². The number of carbonyl (C=O) groups is 2. The summed E-state index contributed by atoms with van der Waals surface area (Å²) in [7, 11) is 1.67. The number of nitrogens with zero attached hydrogens (tertiary/aromatic N) is 6. The maximum Gasteiger partial charge on any atom is 0.275 e. The van der Waals surface area contributed by atoms with Crippen LogP contribution in [0, 0.1) is 0 Å². The van der Waals surface area contributed by atoms with Crippen molar-refractivity contribution in [3.8, 4) is 11.3 Å². The van der Waals surface area contributed by atoms with E-state index in [2.05, 4.69) is 35.7 Å². The molecule has 1 aliphatic carbocycles. The second kappa shape index (κ2) is 8.77. The Bertz CT molecular complexity index is 1560. The molecule has 0 bridgehead atoms. The van der Waals surface area contributed by atoms with E-state index in [1.54, 1.807) is 23.7 Å². The van der Waals surface area contributed by atoms with Crippen LogP contribution in [0.25, 0.3) is 17.0 Å². The zero-order chi connectivity index (χ0) is 24.6. The maximum atomic E-state index is 13.1. The van der Waals surface area contributed by atoms with E-state index in [-0.39, 0.29) is 17.2 Å². The Morgan fingerprint density at radius 3 is 2.78 bits per heavy atom. The van der Waals surface area contributed by atoms with Crippen LogP contribution in [-0.2, 0) is 6.54 Å². The van der Waals surface area contributed by atoms with E-state index in [1.807, 2.05) is 42.6 Å². The highest BCUT2D eigenvalue weighted by molar-refractivity contribution is 6.10. The van der Waals surface area contributed by atoms with E-state index in [4.69, 9.17) is 0 Å². The zero-order valence-corrected chi connectivity index (χ0v) is 19.5. The van der Waals surface area contributed by atoms with Crippen LogP contribution >= 0.6 is 0 Å². The highest BCUT2D eigenvalue weighted by Crippen LogP contribution is 2.39. The molecule has 1 aliphatic rings. The highest BCUT2D eigenvalue weighted by atomic mass is 16.2. The summed E-state index contributed by atoms with van der Waals surface area (Å²) < 4.78 is 1.78. The number of aromatic nitrogens is 7. The van der Waals surface area contributed by atoms with Crippen LogP contribution in [0.4, 0.5) is 5.82 Å². The van der Waals surface area contributed by atoms with Gasteiger partial charge in [0.05, 0.1) is 35.4 Å². The van der Waals surface area contributed by atoms with Gasteiger partial charge < -0.3 is 10.2 Å². The number of nitrogens with one attached hydrogen (secondary N) is 3. The molecule has 36 heavy (non-hydrogen) atoms. The van der Waals surface area contributed by atoms with Gasteiger partial charge in [-0.05, 0) is 25.0 Å². The second-order valence-electron chi connectivity index (χ2n) is 8.88. The van der Waals surface area contributed by atoms with Crippen molar-refractivity contribution in [3.05, 3.63) is 83.7 Å². The van der Waals surface area contributed by atoms with Gasteiger partial charge in [0.2, 0.25) is 5.78 Å². The molecule has 3 N–H and O–H groups in total. The molecular weight excluding hydrogens is 458 g/mol. The fourth-order valence-corrected chi connectivity index (χ4v) is 4.07. The Morgan fingerprint density at radius 2 is 1.97 bits per heavy atom. The molecular formula is C25H23N9O2. The third-order valence-electron chi connectivity index (χ3n) is 6.13. The topological polar surface area (TPSA) is 137 Å². The van der Waals surface area contributed by atoms with Crippen LogP contribution < -0.4 is 5.32 Å². The van der Waals surface area contributed by atoms with Crippen LogP contribution in [0.3, 0.4) is 0 Å². The van der Waals surface area contributed by atoms with E-state index in [0.29, 0.717) is 24.1 Å². The summed E-state index contributed by atoms with van der Waals surface area (Å²) in [5, 5.41) is 16.6. The van der Waals surface area contributed by atoms with Gasteiger partial charge in [-0.2, -0.15) is 15.2 Å². The first-order valence-corrected chi connectivity index (χ1v) is 11.6. The summed E-state index contributed by atoms with van der Waals surface area (Å²) in [5.74, 6) is 0.426. The molecule has 0 aliphatic heterocycles. The number of amides is 2. The number of fused-ring (bicyclic) bond motifs is 1. The molecule has 5 aromatic rings. The predicted octanol–water partition coefficient (Wildman–Crippen LogP) is 3.24. The minimum Gasteiger partial charge on any atom is -0.336 e. The van der Waals surface area contributed by atoms with E-state index in [9.17, 15) is 9.59 Å². The quantitative estimate of drug-likeness (QED) is 0.326. The molecule has 11 heteroatoms. The molecule has 6 rings (SSSR count). The molecule has 0 atom stereocenters. The number of rotatable bonds is 7. The van der Waals surface area contributed by atoms with E-state index >= 15 is 0 Å². The Morgan fingerprint density at radius 1 is 1.14 bits per heavy atom. The van der Waals surface area contributed by atoms with Crippen LogP contribution in [0.15, 0.2) is 61.1 Å². The third-order valence-corrected chi connectivity index (χ3v) is 6.13. The summed E-state index contributed by atoms with van der Waals surface area (Å²) in [6, 6.07) is 13.4. The monoisotopic (exact) mass is 481 g/mol. The van der Waals surface area contributed by atoms with Crippen molar-refractivity contribution in [3.63, 3.8) is 0 Å². The SMILES string of the molecule is CN(Cc1cc(C2CC2)n[nH]1)C(=O)c1cn[nH]c1C(=O)Nc1ccn2cc(-c3ccccc3)nc2n1. The van der Waals surface area contributed by atoms with Gasteiger partial charge in [0.25, 0.3) is 11.8 Å². The summed E-state index contributed by atoms with van der Waals surface area (Å²) in [6.07, 6.45) is 7.31. The first kappa shape index (κ1) is 21.7. The molecule has 0 unspecified atom stereocenters. The van der Waals surface area contributed by atoms with Crippen molar-refractivity contribution in [1.82, 2.24) is 39.7 Å². The third kappa shape index (κ3) is 4.22. The number of aromatic amines is 2. The fraction of sp³-hybridized carbons (Fsp3) is 0.200. The molecule has 4 aromatic heterocycles. The van der Waals surface area contributed by atoms with E-state index in [1.165, 1.54) is 11.1 Å². The molecule has 180 valence electrons. The van der Waals surface area contributed by atoms with Crippen LogP contribution in [0.2, 0.25) is 0 Å². The number of carbonyl (C=O) groups excluding carboxylic acids is 2. The molecule has 1 saturated carbocycles. The number of benzene rings is 1. The molecule has 0 saturated heterocycles. The van der Waals surface area contributed by atoms with Gasteiger partial charge in [-0.1, -0.05) is 30.3 Å². The van der Waals surface area contributed by atoms with Crippen molar-refractivity contribution in [2.45, 2.75) is 25.3 Å². The summed E-state index contributed by atoms with van der Waals surface area (Å²) in [6.45, 7) is 0.340. The molecule has 4 heterocycles. The smallest absolute Gasteiger partial charge is 0.275 e. The lowest BCUT2D eigenvalue weighted by Gasteiger charge is -2.16. The molecule has 11 nitrogen and oxygen atoms in total. The number of hydrogen-bond donors (Lipinski definition) is 3. The van der Waals surface area contributed by atoms with Crippen molar-refractivity contribution in [1.29, 1.82) is 0 Å². The largest absolute Gasteiger partial charge is 0.336 e. The first-order chi connectivity index (χ1) is 17.5. The van der Waals surface area contributed by atoms with Crippen molar-refractivity contribution >= 4 is 23.4 Å². The Labute approximate surface area is 205 Å². The standard InChI is InChI=1S/C25H23N9O2/c1-33(13-17-11-19(31-30-17)16-7-8-16)24(36)18-12-26-32-22(18)23(35)28-21-9-10-34-14-20(27-25(34)29-21)15-5-3-2-4-6-15/h2-6,9-12,14,16H,7-8,13H2,1H3,(H,26,32)(H,30,31)(H,27,28,29,35). The Kier molecular flexibility index (Phi) is 5.29. The van der Waals surface area contributed by atoms with Gasteiger partial charge in [0.1, 0.15) is 11.5 Å². The maximum absolute atomic E-state index is 13.1. The number of anilines is 1. The van der Waals surface area contributed by atoms with Crippen molar-refractivity contribution in [2.24, 2.45) is 0 Å². The van der Waals surface area contributed by atoms with Gasteiger partial charge in [-0.15, -0.1) is 0 Å². The highest BCUT2D eigenvalue weighted by Gasteiger charge is 2.27. The fourth-order valence-electron chi connectivity index (χ4n) is 4.07. The van der Waals surface area contributed by atoms with Crippen LogP contribution in [0.5, 0.6) is 0 Å². The lowest BCUT2D eigenvalue weighted by atomic mass is 10.2. The molecule has 2 amide bonds. The minimum atomic E-state index is -0.520. The van der Waals surface area contributed by atoms with E-state index < -0.39 is 5.91 Å². The summed E-state index contributed by atoms with van der Waals surface area (Å²) in [4.78, 5) is 36.6. The predicted molar refractivity (Wildman–Crippen MR) is 131 cm³/mol. The van der Waals surface area contributed by atoms with Gasteiger partial charge in [0, 0.05) is 30.9 Å². The van der Waals surface area contributed by atoms with Gasteiger partial charge in [-0.25, -0.2) is 4.98 Å². The van der Waals surface area contributed by atoms with Gasteiger partial charge >= 0.3 is 0 Å². The summed E-state index contributed by atoms with van der Waals surface area (Å²) >= 11 is 0. The van der Waals surface area contributed by atoms with Crippen molar-refractivity contribution in [2.75, 3.05) is 12.4 Å². The molecule has 0 radical (unpaired) electrons. The zero-order valence-electron chi connectivity index (χ0n) is 19.5. The molecule has 0 spiro atoms. The second-order valence-corrected chi connectivity index (χ2v) is 8.88. The number of hydrogen-bond acceptors (Lipinski definition) is 6. The number of H-pyrrole nitrogens is 2. The lowest BCUT2D eigenvalue weighted by molar-refractivity contribution is 0.0778. The molecule has 1 fully saturated rings. The first-order valence-electron chi connectivity index (χ1n) is 11.6. The van der Waals surface area contributed by atoms with Gasteiger partial charge in [-0.3, -0.25) is 24.2 Å². The number of imidazole rings is 1. The average molecular weight is 482 g/mol.